The third-order valence-electron chi connectivity index (χ3n) is 3.52. The Morgan fingerprint density at radius 1 is 1.39 bits per heavy atom. The van der Waals surface area contributed by atoms with Gasteiger partial charge >= 0.3 is 6.18 Å². The van der Waals surface area contributed by atoms with Crippen LogP contribution in [0, 0.1) is 5.92 Å². The molecule has 0 amide bonds. The smallest absolute Gasteiger partial charge is 0.303 e. The molecular formula is C13H13F3N2. The molecule has 18 heavy (non-hydrogen) atoms. The number of alkyl halides is 3. The highest BCUT2D eigenvalue weighted by atomic mass is 19.4. The van der Waals surface area contributed by atoms with Crippen LogP contribution in [0.25, 0.3) is 5.52 Å². The molecule has 0 bridgehead atoms. The maximum atomic E-state index is 12.4. The molecule has 2 aromatic heterocycles. The van der Waals surface area contributed by atoms with E-state index in [1.54, 1.807) is 10.6 Å². The maximum Gasteiger partial charge on any atom is 0.396 e. The topological polar surface area (TPSA) is 17.3 Å². The van der Waals surface area contributed by atoms with Gasteiger partial charge in [0.25, 0.3) is 0 Å². The first-order chi connectivity index (χ1) is 8.44. The largest absolute Gasteiger partial charge is 0.396 e. The van der Waals surface area contributed by atoms with Crippen LogP contribution in [0.1, 0.15) is 30.7 Å². The van der Waals surface area contributed by atoms with Gasteiger partial charge in [-0.05, 0) is 29.9 Å². The van der Waals surface area contributed by atoms with E-state index in [0.29, 0.717) is 17.4 Å². The van der Waals surface area contributed by atoms with Gasteiger partial charge in [0.2, 0.25) is 0 Å². The highest BCUT2D eigenvalue weighted by Crippen LogP contribution is 2.46. The van der Waals surface area contributed by atoms with Crippen molar-refractivity contribution in [3.05, 3.63) is 35.9 Å². The monoisotopic (exact) mass is 254 g/mol. The van der Waals surface area contributed by atoms with Crippen molar-refractivity contribution >= 4 is 5.52 Å². The van der Waals surface area contributed by atoms with Gasteiger partial charge in [-0.3, -0.25) is 0 Å². The molecule has 1 fully saturated rings. The molecule has 5 heteroatoms. The van der Waals surface area contributed by atoms with Crippen molar-refractivity contribution in [2.75, 3.05) is 0 Å². The third-order valence-corrected chi connectivity index (χ3v) is 3.52. The van der Waals surface area contributed by atoms with Gasteiger partial charge < -0.3 is 4.40 Å². The molecule has 2 nitrogen and oxygen atoms in total. The molecule has 2 heterocycles. The number of hydrogen-bond acceptors (Lipinski definition) is 1. The number of imidazole rings is 1. The number of rotatable bonds is 2. The quantitative estimate of drug-likeness (QED) is 0.801. The highest BCUT2D eigenvalue weighted by molar-refractivity contribution is 5.48. The molecular weight excluding hydrogens is 241 g/mol. The lowest BCUT2D eigenvalue weighted by Crippen LogP contribution is -2.14. The van der Waals surface area contributed by atoms with E-state index in [1.807, 2.05) is 12.1 Å². The Labute approximate surface area is 102 Å². The van der Waals surface area contributed by atoms with Crippen molar-refractivity contribution in [1.29, 1.82) is 0 Å². The van der Waals surface area contributed by atoms with Crippen LogP contribution in [0.15, 0.2) is 24.5 Å². The lowest BCUT2D eigenvalue weighted by atomic mass is 10.1. The van der Waals surface area contributed by atoms with Crippen molar-refractivity contribution in [2.45, 2.75) is 31.9 Å². The first kappa shape index (κ1) is 11.6. The number of nitrogens with zero attached hydrogens (tertiary/aromatic N) is 2. The molecule has 96 valence electrons. The second-order valence-corrected chi connectivity index (χ2v) is 5.04. The van der Waals surface area contributed by atoms with E-state index in [-0.39, 0.29) is 5.82 Å². The van der Waals surface area contributed by atoms with E-state index < -0.39 is 12.6 Å². The number of hydrogen-bond donors (Lipinski definition) is 0. The second kappa shape index (κ2) is 3.73. The Morgan fingerprint density at radius 2 is 2.11 bits per heavy atom. The van der Waals surface area contributed by atoms with Gasteiger partial charge in [-0.15, -0.1) is 0 Å². The van der Waals surface area contributed by atoms with Gasteiger partial charge in [-0.2, -0.15) is 13.2 Å². The fraction of sp³-hybridized carbons (Fsp3) is 0.462. The van der Waals surface area contributed by atoms with Crippen molar-refractivity contribution < 1.29 is 13.2 Å². The van der Waals surface area contributed by atoms with Gasteiger partial charge in [-0.25, -0.2) is 4.98 Å². The molecule has 1 saturated carbocycles. The molecule has 0 unspecified atom stereocenters. The summed E-state index contributed by atoms with van der Waals surface area (Å²) in [4.78, 5) is 3.86. The molecule has 0 saturated heterocycles. The van der Waals surface area contributed by atoms with Gasteiger partial charge in [0.05, 0.1) is 11.7 Å². The van der Waals surface area contributed by atoms with E-state index in [0.717, 1.165) is 12.0 Å². The first-order valence-electron chi connectivity index (χ1n) is 5.97. The van der Waals surface area contributed by atoms with Gasteiger partial charge in [0.1, 0.15) is 12.2 Å². The van der Waals surface area contributed by atoms with Crippen LogP contribution in [-0.2, 0) is 6.42 Å². The standard InChI is InChI=1S/C13H13F3N2/c1-8-4-11(8)9-2-3-10-6-17-12(18(10)7-9)5-13(14,15)16/h2-3,6-8,11H,4-5H2,1H3/t8-,11-/m0/s1. The average molecular weight is 254 g/mol. The molecule has 0 radical (unpaired) electrons. The second-order valence-electron chi connectivity index (χ2n) is 5.04. The summed E-state index contributed by atoms with van der Waals surface area (Å²) in [5.41, 5.74) is 1.82. The molecule has 2 aromatic rings. The molecule has 0 N–H and O–H groups in total. The molecule has 1 aliphatic carbocycles. The van der Waals surface area contributed by atoms with E-state index in [2.05, 4.69) is 11.9 Å². The van der Waals surface area contributed by atoms with E-state index >= 15 is 0 Å². The molecule has 0 aromatic carbocycles. The van der Waals surface area contributed by atoms with E-state index in [9.17, 15) is 13.2 Å². The molecule has 0 aliphatic heterocycles. The summed E-state index contributed by atoms with van der Waals surface area (Å²) in [6, 6.07) is 3.83. The Hall–Kier alpha value is -1.52. The predicted molar refractivity (Wildman–Crippen MR) is 61.5 cm³/mol. The minimum absolute atomic E-state index is 0.0626. The van der Waals surface area contributed by atoms with Crippen molar-refractivity contribution in [1.82, 2.24) is 9.38 Å². The summed E-state index contributed by atoms with van der Waals surface area (Å²) >= 11 is 0. The summed E-state index contributed by atoms with van der Waals surface area (Å²) < 4.78 is 38.8. The summed E-state index contributed by atoms with van der Waals surface area (Å²) in [6.07, 6.45) is -0.789. The highest BCUT2D eigenvalue weighted by Gasteiger charge is 2.34. The summed E-state index contributed by atoms with van der Waals surface area (Å²) in [5.74, 6) is 1.19. The van der Waals surface area contributed by atoms with Gasteiger partial charge in [0.15, 0.2) is 0 Å². The van der Waals surface area contributed by atoms with Crippen molar-refractivity contribution in [2.24, 2.45) is 5.92 Å². The minimum Gasteiger partial charge on any atom is -0.303 e. The fourth-order valence-electron chi connectivity index (χ4n) is 2.38. The number of aromatic nitrogens is 2. The number of pyridine rings is 1. The van der Waals surface area contributed by atoms with Gasteiger partial charge in [0, 0.05) is 6.20 Å². The summed E-state index contributed by atoms with van der Waals surface area (Å²) in [5, 5.41) is 0. The normalized spacial score (nSPS) is 23.6. The van der Waals surface area contributed by atoms with Crippen molar-refractivity contribution in [3.8, 4) is 0 Å². The number of halogens is 3. The molecule has 3 rings (SSSR count). The fourth-order valence-corrected chi connectivity index (χ4v) is 2.38. The average Bonchev–Trinajstić information content (AvgIpc) is 2.88. The first-order valence-corrected chi connectivity index (χ1v) is 5.97. The zero-order valence-corrected chi connectivity index (χ0v) is 9.91. The zero-order chi connectivity index (χ0) is 12.9. The van der Waals surface area contributed by atoms with Crippen LogP contribution in [-0.4, -0.2) is 15.6 Å². The third kappa shape index (κ3) is 2.09. The summed E-state index contributed by atoms with van der Waals surface area (Å²) in [6.45, 7) is 2.15. The Bertz CT molecular complexity index is 585. The molecule has 0 spiro atoms. The lowest BCUT2D eigenvalue weighted by molar-refractivity contribution is -0.128. The van der Waals surface area contributed by atoms with Crippen LogP contribution < -0.4 is 0 Å². The molecule has 1 aliphatic rings. The minimum atomic E-state index is -4.22. The van der Waals surface area contributed by atoms with Crippen LogP contribution >= 0.6 is 0 Å². The number of fused-ring (bicyclic) bond motifs is 1. The lowest BCUT2D eigenvalue weighted by Gasteiger charge is -2.07. The Morgan fingerprint density at radius 3 is 2.72 bits per heavy atom. The van der Waals surface area contributed by atoms with Crippen LogP contribution in [0.2, 0.25) is 0 Å². The molecule has 2 atom stereocenters. The van der Waals surface area contributed by atoms with E-state index in [4.69, 9.17) is 0 Å². The zero-order valence-electron chi connectivity index (χ0n) is 9.91. The van der Waals surface area contributed by atoms with Crippen LogP contribution in [0.5, 0.6) is 0 Å². The Kier molecular flexibility index (Phi) is 2.40. The van der Waals surface area contributed by atoms with Crippen molar-refractivity contribution in [3.63, 3.8) is 0 Å². The Balaban J connectivity index is 2.00. The maximum absolute atomic E-state index is 12.4. The summed E-state index contributed by atoms with van der Waals surface area (Å²) in [7, 11) is 0. The van der Waals surface area contributed by atoms with E-state index in [1.165, 1.54) is 6.20 Å². The van der Waals surface area contributed by atoms with Crippen LogP contribution in [0.4, 0.5) is 13.2 Å². The van der Waals surface area contributed by atoms with Gasteiger partial charge in [-0.1, -0.05) is 13.0 Å². The SMILES string of the molecule is C[C@H]1C[C@@H]1c1ccc2cnc(CC(F)(F)F)n2c1. The predicted octanol–water partition coefficient (Wildman–Crippen LogP) is 3.56. The van der Waals surface area contributed by atoms with Crippen LogP contribution in [0.3, 0.4) is 0 Å².